The fourth-order valence-electron chi connectivity index (χ4n) is 3.02. The Kier molecular flexibility index (Phi) is 8.96. The molecule has 0 saturated carbocycles. The Morgan fingerprint density at radius 2 is 1.18 bits per heavy atom. The minimum Gasteiger partial charge on any atom is -0.415 e. The van der Waals surface area contributed by atoms with E-state index < -0.39 is 51.8 Å². The largest absolute Gasteiger partial charge is 0.415 e. The first-order chi connectivity index (χ1) is 12.3. The molecule has 1 fully saturated rings. The highest BCUT2D eigenvalue weighted by atomic mass is 28.4. The molecule has 1 heterocycles. The van der Waals surface area contributed by atoms with Gasteiger partial charge in [-0.1, -0.05) is 0 Å². The van der Waals surface area contributed by atoms with Crippen LogP contribution in [0, 0.1) is 0 Å². The third kappa shape index (κ3) is 10.1. The van der Waals surface area contributed by atoms with Gasteiger partial charge in [0.25, 0.3) is 0 Å². The summed E-state index contributed by atoms with van der Waals surface area (Å²) in [6, 6.07) is 0. The number of aliphatic hydroxyl groups is 1. The molecular formula is C18H44O6Si4. The van der Waals surface area contributed by atoms with Crippen molar-refractivity contribution >= 4 is 33.3 Å². The van der Waals surface area contributed by atoms with E-state index >= 15 is 0 Å². The summed E-state index contributed by atoms with van der Waals surface area (Å²) in [6.07, 6.45) is -2.57. The van der Waals surface area contributed by atoms with Crippen LogP contribution in [0.5, 0.6) is 0 Å². The first kappa shape index (κ1) is 26.7. The normalized spacial score (nSPS) is 28.6. The molecule has 28 heavy (non-hydrogen) atoms. The van der Waals surface area contributed by atoms with Crippen LogP contribution in [0.1, 0.15) is 0 Å². The van der Waals surface area contributed by atoms with Crippen LogP contribution < -0.4 is 0 Å². The average Bonchev–Trinajstić information content (AvgIpc) is 2.66. The lowest BCUT2D eigenvalue weighted by Crippen LogP contribution is -2.53. The molecule has 0 aromatic heterocycles. The van der Waals surface area contributed by atoms with Crippen molar-refractivity contribution in [3.05, 3.63) is 0 Å². The first-order valence-corrected chi connectivity index (χ1v) is 23.9. The molecule has 1 saturated heterocycles. The van der Waals surface area contributed by atoms with Crippen molar-refractivity contribution in [1.29, 1.82) is 0 Å². The molecule has 0 bridgehead atoms. The van der Waals surface area contributed by atoms with E-state index in [0.717, 1.165) is 0 Å². The zero-order chi connectivity index (χ0) is 22.1. The van der Waals surface area contributed by atoms with Gasteiger partial charge in [0.2, 0.25) is 0 Å². The Bertz CT molecular complexity index is 492. The van der Waals surface area contributed by atoms with Crippen LogP contribution in [0.15, 0.2) is 0 Å². The summed E-state index contributed by atoms with van der Waals surface area (Å²) in [7, 11) is -7.40. The van der Waals surface area contributed by atoms with E-state index in [9.17, 15) is 5.11 Å². The molecule has 0 radical (unpaired) electrons. The molecule has 0 aromatic rings. The minimum atomic E-state index is -1.91. The monoisotopic (exact) mass is 468 g/mol. The van der Waals surface area contributed by atoms with Crippen molar-refractivity contribution in [3.8, 4) is 0 Å². The molecule has 1 rings (SSSR count). The second-order valence-corrected chi connectivity index (χ2v) is 29.5. The van der Waals surface area contributed by atoms with Gasteiger partial charge < -0.3 is 27.5 Å². The van der Waals surface area contributed by atoms with Gasteiger partial charge in [-0.25, -0.2) is 0 Å². The summed E-state index contributed by atoms with van der Waals surface area (Å²) in [5.41, 5.74) is 0. The van der Waals surface area contributed by atoms with Crippen LogP contribution in [0.4, 0.5) is 0 Å². The number of hydrogen-bond acceptors (Lipinski definition) is 6. The van der Waals surface area contributed by atoms with E-state index in [2.05, 4.69) is 78.6 Å². The summed E-state index contributed by atoms with van der Waals surface area (Å²) in [6.45, 7) is 26.2. The second-order valence-electron chi connectivity index (χ2n) is 11.6. The van der Waals surface area contributed by atoms with Crippen molar-refractivity contribution in [2.45, 2.75) is 109 Å². The molecule has 5 atom stereocenters. The minimum absolute atomic E-state index is 0.287. The molecule has 168 valence electrons. The van der Waals surface area contributed by atoms with E-state index in [1.165, 1.54) is 0 Å². The molecule has 0 spiro atoms. The Hall–Kier alpha value is 0.628. The van der Waals surface area contributed by atoms with Gasteiger partial charge in [0, 0.05) is 0 Å². The molecule has 0 amide bonds. The Morgan fingerprint density at radius 1 is 0.714 bits per heavy atom. The lowest BCUT2D eigenvalue weighted by molar-refractivity contribution is -0.144. The van der Waals surface area contributed by atoms with Gasteiger partial charge in [0.15, 0.2) is 39.6 Å². The lowest BCUT2D eigenvalue weighted by atomic mass is 10.1. The van der Waals surface area contributed by atoms with Crippen molar-refractivity contribution in [2.24, 2.45) is 0 Å². The molecule has 1 aliphatic heterocycles. The van der Waals surface area contributed by atoms with Gasteiger partial charge in [-0.2, -0.15) is 0 Å². The highest BCUT2D eigenvalue weighted by Crippen LogP contribution is 2.33. The molecule has 2 unspecified atom stereocenters. The maximum atomic E-state index is 10.7. The van der Waals surface area contributed by atoms with Crippen LogP contribution in [0.25, 0.3) is 0 Å². The Morgan fingerprint density at radius 3 is 1.57 bits per heavy atom. The van der Waals surface area contributed by atoms with E-state index in [4.69, 9.17) is 22.4 Å². The van der Waals surface area contributed by atoms with Crippen LogP contribution in [0.2, 0.25) is 78.6 Å². The third-order valence-corrected chi connectivity index (χ3v) is 7.76. The SMILES string of the molecule is C[Si](C)(C)OCC(O[Si](C)(C)C)[C@H]1OC(O)[C@H](O[Si](C)(C)C)[C@H]1O[Si](C)(C)C. The van der Waals surface area contributed by atoms with Gasteiger partial charge in [0.05, 0.1) is 12.7 Å². The summed E-state index contributed by atoms with van der Waals surface area (Å²) >= 11 is 0. The first-order valence-electron chi connectivity index (χ1n) is 10.3. The highest BCUT2D eigenvalue weighted by molar-refractivity contribution is 6.71. The van der Waals surface area contributed by atoms with Crippen molar-refractivity contribution in [1.82, 2.24) is 0 Å². The summed E-state index contributed by atoms with van der Waals surface area (Å²) in [5.74, 6) is 0. The van der Waals surface area contributed by atoms with Crippen molar-refractivity contribution in [3.63, 3.8) is 0 Å². The topological polar surface area (TPSA) is 66.4 Å². The molecule has 0 aromatic carbocycles. The third-order valence-electron chi connectivity index (χ3n) is 3.76. The molecular weight excluding hydrogens is 425 g/mol. The fourth-order valence-corrected chi connectivity index (χ4v) is 6.95. The molecule has 10 heteroatoms. The quantitative estimate of drug-likeness (QED) is 0.484. The smallest absolute Gasteiger partial charge is 0.184 e. The average molecular weight is 469 g/mol. The van der Waals surface area contributed by atoms with Crippen LogP contribution >= 0.6 is 0 Å². The lowest BCUT2D eigenvalue weighted by Gasteiger charge is -2.37. The van der Waals surface area contributed by atoms with Gasteiger partial charge in [0.1, 0.15) is 18.3 Å². The zero-order valence-corrected chi connectivity index (χ0v) is 24.1. The molecule has 6 nitrogen and oxygen atoms in total. The van der Waals surface area contributed by atoms with Crippen molar-refractivity contribution < 1.29 is 27.5 Å². The van der Waals surface area contributed by atoms with E-state index in [0.29, 0.717) is 6.61 Å². The second kappa shape index (κ2) is 9.41. The Labute approximate surface area is 176 Å². The maximum Gasteiger partial charge on any atom is 0.184 e. The van der Waals surface area contributed by atoms with E-state index in [-0.39, 0.29) is 12.2 Å². The Balaban J connectivity index is 3.18. The zero-order valence-electron chi connectivity index (χ0n) is 20.1. The van der Waals surface area contributed by atoms with Crippen LogP contribution in [-0.4, -0.2) is 75.7 Å². The highest BCUT2D eigenvalue weighted by Gasteiger charge is 2.52. The fraction of sp³-hybridized carbons (Fsp3) is 1.00. The standard InChI is InChI=1S/C18H44O6Si4/c1-25(2,3)20-13-14(22-26(4,5)6)15-16(23-27(7,8)9)17(18(19)21-15)24-28(10,11)12/h14-19H,13H2,1-12H3/t14?,15-,16+,17-,18?/m1/s1. The molecule has 0 aliphatic carbocycles. The maximum absolute atomic E-state index is 10.7. The van der Waals surface area contributed by atoms with E-state index in [1.54, 1.807) is 0 Å². The van der Waals surface area contributed by atoms with Gasteiger partial charge in [-0.3, -0.25) is 0 Å². The number of hydrogen-bond donors (Lipinski definition) is 1. The predicted molar refractivity (Wildman–Crippen MR) is 125 cm³/mol. The van der Waals surface area contributed by atoms with Gasteiger partial charge in [-0.15, -0.1) is 0 Å². The van der Waals surface area contributed by atoms with Crippen molar-refractivity contribution in [2.75, 3.05) is 6.61 Å². The van der Waals surface area contributed by atoms with Gasteiger partial charge >= 0.3 is 0 Å². The number of rotatable bonds is 10. The summed E-state index contributed by atoms with van der Waals surface area (Å²) in [5, 5.41) is 10.7. The summed E-state index contributed by atoms with van der Waals surface area (Å²) in [4.78, 5) is 0. The molecule has 1 N–H and O–H groups in total. The predicted octanol–water partition coefficient (Wildman–Crippen LogP) is 4.22. The van der Waals surface area contributed by atoms with Gasteiger partial charge in [-0.05, 0) is 78.6 Å². The number of ether oxygens (including phenoxy) is 1. The number of aliphatic hydroxyl groups excluding tert-OH is 1. The summed E-state index contributed by atoms with van der Waals surface area (Å²) < 4.78 is 31.5. The van der Waals surface area contributed by atoms with E-state index in [1.807, 2.05) is 0 Å². The van der Waals surface area contributed by atoms with Crippen LogP contribution in [0.3, 0.4) is 0 Å². The molecule has 1 aliphatic rings. The van der Waals surface area contributed by atoms with Crippen LogP contribution in [-0.2, 0) is 22.4 Å².